The first-order valence-electron chi connectivity index (χ1n) is 9.06. The van der Waals surface area contributed by atoms with E-state index in [0.717, 1.165) is 9.87 Å². The lowest BCUT2D eigenvalue weighted by molar-refractivity contribution is -0.153. The van der Waals surface area contributed by atoms with Gasteiger partial charge in [0.1, 0.15) is 12.4 Å². The number of hydrogen-bond donors (Lipinski definition) is 2. The summed E-state index contributed by atoms with van der Waals surface area (Å²) in [7, 11) is -4.10. The molecule has 1 heterocycles. The lowest BCUT2D eigenvalue weighted by atomic mass is 9.88. The van der Waals surface area contributed by atoms with Crippen LogP contribution in [0, 0.1) is 0 Å². The molecule has 2 aromatic rings. The number of benzene rings is 2. The maximum absolute atomic E-state index is 13.0. The summed E-state index contributed by atoms with van der Waals surface area (Å²) in [5.74, 6) is -0.928. The monoisotopic (exact) mass is 439 g/mol. The Morgan fingerprint density at radius 3 is 2.52 bits per heavy atom. The van der Waals surface area contributed by atoms with E-state index in [1.54, 1.807) is 6.07 Å². The Kier molecular flexibility index (Phi) is 6.19. The Hall–Kier alpha value is -2.13. The predicted octanol–water partition coefficient (Wildman–Crippen LogP) is 2.91. The number of aliphatic carboxylic acids is 1. The Morgan fingerprint density at radius 2 is 1.90 bits per heavy atom. The van der Waals surface area contributed by atoms with Crippen molar-refractivity contribution < 1.29 is 28.2 Å². The minimum Gasteiger partial charge on any atom is -0.489 e. The van der Waals surface area contributed by atoms with Crippen LogP contribution in [-0.2, 0) is 21.4 Å². The molecule has 7 nitrogen and oxygen atoms in total. The number of rotatable bonds is 6. The standard InChI is InChI=1S/C20H22ClNO6S/c1-20(25)11-4-12-22(18(20)19(23)24)29(26,27)16-9-7-15(8-10-16)28-13-14-5-2-3-6-17(14)21/h2-3,5-10,18,25H,4,11-13H2,1H3,(H,23,24). The molecule has 0 saturated carbocycles. The number of halogens is 1. The molecule has 0 radical (unpaired) electrons. The van der Waals surface area contributed by atoms with Gasteiger partial charge in [0.2, 0.25) is 10.0 Å². The van der Waals surface area contributed by atoms with E-state index in [2.05, 4.69) is 0 Å². The summed E-state index contributed by atoms with van der Waals surface area (Å²) in [5, 5.41) is 20.5. The first kappa shape index (κ1) is 21.6. The second-order valence-corrected chi connectivity index (χ2v) is 9.47. The van der Waals surface area contributed by atoms with Gasteiger partial charge in [0, 0.05) is 17.1 Å². The van der Waals surface area contributed by atoms with Gasteiger partial charge in [0.25, 0.3) is 0 Å². The summed E-state index contributed by atoms with van der Waals surface area (Å²) >= 11 is 6.09. The molecule has 1 saturated heterocycles. The summed E-state index contributed by atoms with van der Waals surface area (Å²) < 4.78 is 32.5. The first-order valence-corrected chi connectivity index (χ1v) is 10.9. The van der Waals surface area contributed by atoms with Gasteiger partial charge in [-0.2, -0.15) is 4.31 Å². The zero-order valence-corrected chi connectivity index (χ0v) is 17.4. The average Bonchev–Trinajstić information content (AvgIpc) is 2.66. The molecule has 1 fully saturated rings. The van der Waals surface area contributed by atoms with Gasteiger partial charge in [0.15, 0.2) is 6.04 Å². The third-order valence-corrected chi connectivity index (χ3v) is 7.20. The zero-order valence-electron chi connectivity index (χ0n) is 15.8. The van der Waals surface area contributed by atoms with Crippen LogP contribution in [0.4, 0.5) is 0 Å². The molecular formula is C20H22ClNO6S. The predicted molar refractivity (Wildman–Crippen MR) is 107 cm³/mol. The van der Waals surface area contributed by atoms with Crippen molar-refractivity contribution in [2.45, 2.75) is 42.9 Å². The van der Waals surface area contributed by atoms with Crippen LogP contribution < -0.4 is 4.74 Å². The fraction of sp³-hybridized carbons (Fsp3) is 0.350. The van der Waals surface area contributed by atoms with E-state index in [1.807, 2.05) is 18.2 Å². The molecule has 3 rings (SSSR count). The lowest BCUT2D eigenvalue weighted by Gasteiger charge is -2.41. The molecule has 2 atom stereocenters. The van der Waals surface area contributed by atoms with Crippen LogP contribution in [-0.4, -0.2) is 47.1 Å². The van der Waals surface area contributed by atoms with E-state index < -0.39 is 27.6 Å². The van der Waals surface area contributed by atoms with E-state index in [4.69, 9.17) is 16.3 Å². The number of ether oxygens (including phenoxy) is 1. The number of aliphatic hydroxyl groups is 1. The van der Waals surface area contributed by atoms with Crippen LogP contribution in [0.2, 0.25) is 5.02 Å². The van der Waals surface area contributed by atoms with Crippen molar-refractivity contribution in [2.24, 2.45) is 0 Å². The largest absolute Gasteiger partial charge is 0.489 e. The molecule has 29 heavy (non-hydrogen) atoms. The summed E-state index contributed by atoms with van der Waals surface area (Å²) in [6, 6.07) is 11.4. The fourth-order valence-corrected chi connectivity index (χ4v) is 5.34. The van der Waals surface area contributed by atoms with E-state index in [9.17, 15) is 23.4 Å². The second-order valence-electron chi connectivity index (χ2n) is 7.17. The van der Waals surface area contributed by atoms with Gasteiger partial charge in [-0.05, 0) is 50.1 Å². The summed E-state index contributed by atoms with van der Waals surface area (Å²) in [4.78, 5) is 11.6. The topological polar surface area (TPSA) is 104 Å². The molecule has 1 aliphatic rings. The van der Waals surface area contributed by atoms with Crippen molar-refractivity contribution in [2.75, 3.05) is 6.54 Å². The number of carbonyl (C=O) groups is 1. The molecule has 2 N–H and O–H groups in total. The summed E-state index contributed by atoms with van der Waals surface area (Å²) in [6.45, 7) is 1.60. The number of piperidine rings is 1. The first-order chi connectivity index (χ1) is 13.6. The Morgan fingerprint density at radius 1 is 1.24 bits per heavy atom. The van der Waals surface area contributed by atoms with Gasteiger partial charge in [0.05, 0.1) is 10.5 Å². The normalized spacial score (nSPS) is 22.9. The van der Waals surface area contributed by atoms with Gasteiger partial charge in [-0.15, -0.1) is 0 Å². The molecule has 1 aliphatic heterocycles. The molecule has 0 bridgehead atoms. The average molecular weight is 440 g/mol. The summed E-state index contributed by atoms with van der Waals surface area (Å²) in [6.07, 6.45) is 0.583. The number of nitrogens with zero attached hydrogens (tertiary/aromatic N) is 1. The summed E-state index contributed by atoms with van der Waals surface area (Å²) in [5.41, 5.74) is -0.847. The number of sulfonamides is 1. The Bertz CT molecular complexity index is 990. The van der Waals surface area contributed by atoms with Crippen LogP contribution in [0.5, 0.6) is 5.75 Å². The van der Waals surface area contributed by atoms with Crippen molar-refractivity contribution in [3.05, 3.63) is 59.1 Å². The third kappa shape index (κ3) is 4.56. The highest BCUT2D eigenvalue weighted by Crippen LogP contribution is 2.32. The minimum atomic E-state index is -4.10. The fourth-order valence-electron chi connectivity index (χ4n) is 3.44. The van der Waals surface area contributed by atoms with Crippen molar-refractivity contribution >= 4 is 27.6 Å². The van der Waals surface area contributed by atoms with Gasteiger partial charge < -0.3 is 14.9 Å². The molecule has 0 amide bonds. The molecule has 156 valence electrons. The molecule has 0 aromatic heterocycles. The number of carboxylic acids is 1. The molecule has 0 spiro atoms. The van der Waals surface area contributed by atoms with Crippen molar-refractivity contribution in [3.8, 4) is 5.75 Å². The van der Waals surface area contributed by atoms with Gasteiger partial charge in [-0.3, -0.25) is 4.79 Å². The van der Waals surface area contributed by atoms with Crippen LogP contribution in [0.25, 0.3) is 0 Å². The second kappa shape index (κ2) is 8.31. The quantitative estimate of drug-likeness (QED) is 0.717. The molecule has 2 unspecified atom stereocenters. The van der Waals surface area contributed by atoms with E-state index in [1.165, 1.54) is 31.2 Å². The maximum atomic E-state index is 13.0. The highest BCUT2D eigenvalue weighted by molar-refractivity contribution is 7.89. The molecular weight excluding hydrogens is 418 g/mol. The minimum absolute atomic E-state index is 0.0280. The molecule has 9 heteroatoms. The molecule has 0 aliphatic carbocycles. The van der Waals surface area contributed by atoms with Crippen LogP contribution >= 0.6 is 11.6 Å². The Balaban J connectivity index is 1.79. The highest BCUT2D eigenvalue weighted by atomic mass is 35.5. The zero-order chi connectivity index (χ0) is 21.2. The van der Waals surface area contributed by atoms with Crippen LogP contribution in [0.1, 0.15) is 25.3 Å². The van der Waals surface area contributed by atoms with Crippen LogP contribution in [0.3, 0.4) is 0 Å². The Labute approximate surface area is 174 Å². The van der Waals surface area contributed by atoms with Crippen molar-refractivity contribution in [3.63, 3.8) is 0 Å². The lowest BCUT2D eigenvalue weighted by Crippen LogP contribution is -2.60. The van der Waals surface area contributed by atoms with Crippen molar-refractivity contribution in [1.29, 1.82) is 0 Å². The number of hydrogen-bond acceptors (Lipinski definition) is 5. The van der Waals surface area contributed by atoms with E-state index >= 15 is 0 Å². The number of carboxylic acid groups (broad SMARTS) is 1. The maximum Gasteiger partial charge on any atom is 0.325 e. The SMILES string of the molecule is CC1(O)CCCN(S(=O)(=O)c2ccc(OCc3ccccc3Cl)cc2)C1C(=O)O. The van der Waals surface area contributed by atoms with E-state index in [0.29, 0.717) is 17.2 Å². The highest BCUT2D eigenvalue weighted by Gasteiger charge is 2.49. The van der Waals surface area contributed by atoms with E-state index in [-0.39, 0.29) is 24.5 Å². The smallest absolute Gasteiger partial charge is 0.325 e. The molecule has 2 aromatic carbocycles. The van der Waals surface area contributed by atoms with Crippen molar-refractivity contribution in [1.82, 2.24) is 4.31 Å². The van der Waals surface area contributed by atoms with Crippen LogP contribution in [0.15, 0.2) is 53.4 Å². The van der Waals surface area contributed by atoms with Gasteiger partial charge in [-0.25, -0.2) is 8.42 Å². The van der Waals surface area contributed by atoms with Gasteiger partial charge in [-0.1, -0.05) is 29.8 Å². The van der Waals surface area contributed by atoms with Gasteiger partial charge >= 0.3 is 5.97 Å². The third-order valence-electron chi connectivity index (χ3n) is 4.95.